The van der Waals surface area contributed by atoms with Gasteiger partial charge in [-0.05, 0) is 63.1 Å². The minimum Gasteiger partial charge on any atom is -0.455 e. The predicted octanol–water partition coefficient (Wildman–Crippen LogP) is 4.10. The maximum absolute atomic E-state index is 12.7. The first-order valence-corrected chi connectivity index (χ1v) is 11.1. The Labute approximate surface area is 201 Å². The number of amides is 3. The summed E-state index contributed by atoms with van der Waals surface area (Å²) in [4.78, 5) is 37.4. The Hall–Kier alpha value is -3.91. The van der Waals surface area contributed by atoms with E-state index in [1.54, 1.807) is 43.3 Å². The lowest BCUT2D eigenvalue weighted by atomic mass is 9.93. The number of nitrogens with one attached hydrogen (secondary N) is 3. The quantitative estimate of drug-likeness (QED) is 0.490. The second-order valence-corrected chi connectivity index (χ2v) is 8.42. The molecular weight excluding hydrogens is 456 g/mol. The Balaban J connectivity index is 1.47. The molecule has 4 rings (SSSR count). The molecule has 0 unspecified atom stereocenters. The summed E-state index contributed by atoms with van der Waals surface area (Å²) in [6.07, 6.45) is 2.03. The van der Waals surface area contributed by atoms with Crippen molar-refractivity contribution in [1.82, 2.24) is 16.3 Å². The van der Waals surface area contributed by atoms with Crippen LogP contribution in [0.3, 0.4) is 0 Å². The number of benzene rings is 2. The van der Waals surface area contributed by atoms with Gasteiger partial charge in [-0.1, -0.05) is 29.3 Å². The lowest BCUT2D eigenvalue weighted by molar-refractivity contribution is 0.0829. The average Bonchev–Trinajstić information content (AvgIpc) is 3.18. The fraction of sp³-hybridized carbons (Fsp3) is 0.200. The van der Waals surface area contributed by atoms with Crippen LogP contribution < -0.4 is 16.3 Å². The van der Waals surface area contributed by atoms with Crippen LogP contribution in [0, 0.1) is 13.8 Å². The molecule has 3 N–H and O–H groups in total. The second kappa shape index (κ2) is 9.93. The van der Waals surface area contributed by atoms with Crippen LogP contribution in [0.25, 0.3) is 0 Å². The van der Waals surface area contributed by atoms with Crippen LogP contribution in [0.1, 0.15) is 66.6 Å². The Bertz CT molecular complexity index is 1280. The molecule has 8 nitrogen and oxygen atoms in total. The lowest BCUT2D eigenvalue weighted by Gasteiger charge is -2.13. The number of carbonyl (C=O) groups is 3. The first kappa shape index (κ1) is 23.3. The molecule has 0 atom stereocenters. The van der Waals surface area contributed by atoms with Crippen LogP contribution in [0.4, 0.5) is 0 Å². The summed E-state index contributed by atoms with van der Waals surface area (Å²) in [6, 6.07) is 13.5. The van der Waals surface area contributed by atoms with E-state index in [-0.39, 0.29) is 11.7 Å². The SMILES string of the molecule is Cc1ccc(C(=O)NNC(=O)c2oc3c(c2C)/C(=N/NC(=O)c2ccc(Cl)cc2)CCC3)cc1. The average molecular weight is 479 g/mol. The number of hydrazine groups is 1. The molecule has 0 saturated carbocycles. The molecule has 1 heterocycles. The highest BCUT2D eigenvalue weighted by Gasteiger charge is 2.28. The molecular formula is C25H23ClN4O4. The van der Waals surface area contributed by atoms with E-state index in [1.807, 2.05) is 19.1 Å². The van der Waals surface area contributed by atoms with Crippen molar-refractivity contribution in [3.8, 4) is 0 Å². The van der Waals surface area contributed by atoms with E-state index in [2.05, 4.69) is 21.4 Å². The number of carbonyl (C=O) groups excluding carboxylic acids is 3. The molecule has 3 amide bonds. The third-order valence-electron chi connectivity index (χ3n) is 5.53. The molecule has 2 aromatic carbocycles. The monoisotopic (exact) mass is 478 g/mol. The van der Waals surface area contributed by atoms with Crippen LogP contribution in [0.2, 0.25) is 5.02 Å². The van der Waals surface area contributed by atoms with Gasteiger partial charge >= 0.3 is 5.91 Å². The molecule has 0 aliphatic heterocycles. The number of furan rings is 1. The van der Waals surface area contributed by atoms with Gasteiger partial charge in [0.2, 0.25) is 0 Å². The maximum Gasteiger partial charge on any atom is 0.305 e. The zero-order valence-corrected chi connectivity index (χ0v) is 19.5. The van der Waals surface area contributed by atoms with Crippen LogP contribution in [0.5, 0.6) is 0 Å². The fourth-order valence-electron chi connectivity index (χ4n) is 3.73. The minimum atomic E-state index is -0.572. The van der Waals surface area contributed by atoms with Crippen molar-refractivity contribution in [3.05, 3.63) is 92.9 Å². The van der Waals surface area contributed by atoms with E-state index in [0.717, 1.165) is 12.0 Å². The first-order chi connectivity index (χ1) is 16.3. The highest BCUT2D eigenvalue weighted by atomic mass is 35.5. The maximum atomic E-state index is 12.7. The highest BCUT2D eigenvalue weighted by Crippen LogP contribution is 2.29. The molecule has 3 aromatic rings. The van der Waals surface area contributed by atoms with Crippen LogP contribution in [-0.2, 0) is 6.42 Å². The molecule has 0 bridgehead atoms. The van der Waals surface area contributed by atoms with Crippen molar-refractivity contribution < 1.29 is 18.8 Å². The molecule has 9 heteroatoms. The largest absolute Gasteiger partial charge is 0.455 e. The number of halogens is 1. The zero-order valence-electron chi connectivity index (χ0n) is 18.7. The van der Waals surface area contributed by atoms with Crippen molar-refractivity contribution in [2.75, 3.05) is 0 Å². The van der Waals surface area contributed by atoms with Gasteiger partial charge in [-0.15, -0.1) is 0 Å². The number of hydrazone groups is 1. The van der Waals surface area contributed by atoms with Crippen molar-refractivity contribution in [2.45, 2.75) is 33.1 Å². The van der Waals surface area contributed by atoms with Crippen LogP contribution >= 0.6 is 11.6 Å². The number of rotatable bonds is 4. The molecule has 1 aliphatic rings. The van der Waals surface area contributed by atoms with Gasteiger partial charge in [-0.2, -0.15) is 5.10 Å². The van der Waals surface area contributed by atoms with Crippen LogP contribution in [0.15, 0.2) is 58.0 Å². The molecule has 34 heavy (non-hydrogen) atoms. The number of hydrogen-bond acceptors (Lipinski definition) is 5. The first-order valence-electron chi connectivity index (χ1n) is 10.8. The number of hydrogen-bond donors (Lipinski definition) is 3. The van der Waals surface area contributed by atoms with Crippen molar-refractivity contribution >= 4 is 35.0 Å². The van der Waals surface area contributed by atoms with E-state index in [0.29, 0.717) is 51.6 Å². The zero-order chi connectivity index (χ0) is 24.2. The van der Waals surface area contributed by atoms with Gasteiger partial charge in [0.15, 0.2) is 5.76 Å². The normalized spacial score (nSPS) is 13.8. The van der Waals surface area contributed by atoms with Gasteiger partial charge in [-0.3, -0.25) is 25.2 Å². The van der Waals surface area contributed by atoms with Crippen LogP contribution in [-0.4, -0.2) is 23.4 Å². The standard InChI is InChI=1S/C25H23ClN4O4/c1-14-6-8-16(9-7-14)24(32)29-30-25(33)22-15(2)21-19(4-3-5-20(21)34-22)27-28-23(31)17-10-12-18(26)13-11-17/h6-13H,3-5H2,1-2H3,(H,28,31)(H,29,32)(H,30,33)/b27-19+. The topological polar surface area (TPSA) is 113 Å². The van der Waals surface area contributed by atoms with E-state index in [1.165, 1.54) is 0 Å². The molecule has 1 aliphatic carbocycles. The molecule has 1 aromatic heterocycles. The minimum absolute atomic E-state index is 0.0906. The summed E-state index contributed by atoms with van der Waals surface area (Å²) in [5.74, 6) is -0.660. The summed E-state index contributed by atoms with van der Waals surface area (Å²) >= 11 is 5.87. The Kier molecular flexibility index (Phi) is 6.79. The molecule has 0 radical (unpaired) electrons. The number of aryl methyl sites for hydroxylation is 2. The molecule has 0 spiro atoms. The predicted molar refractivity (Wildman–Crippen MR) is 128 cm³/mol. The summed E-state index contributed by atoms with van der Waals surface area (Å²) < 4.78 is 5.82. The van der Waals surface area contributed by atoms with Gasteiger partial charge in [0.1, 0.15) is 5.76 Å². The summed E-state index contributed by atoms with van der Waals surface area (Å²) in [5, 5.41) is 4.84. The highest BCUT2D eigenvalue weighted by molar-refractivity contribution is 6.30. The van der Waals surface area contributed by atoms with E-state index in [4.69, 9.17) is 16.0 Å². The summed E-state index contributed by atoms with van der Waals surface area (Å²) in [7, 11) is 0. The molecule has 0 fully saturated rings. The third kappa shape index (κ3) is 5.02. The van der Waals surface area contributed by atoms with Gasteiger partial charge in [0.25, 0.3) is 11.8 Å². The summed E-state index contributed by atoms with van der Waals surface area (Å²) in [6.45, 7) is 3.67. The lowest BCUT2D eigenvalue weighted by Crippen LogP contribution is -2.41. The molecule has 174 valence electrons. The van der Waals surface area contributed by atoms with Gasteiger partial charge in [0.05, 0.1) is 5.71 Å². The Morgan fingerprint density at radius 2 is 1.47 bits per heavy atom. The fourth-order valence-corrected chi connectivity index (χ4v) is 3.85. The molecule has 0 saturated heterocycles. The van der Waals surface area contributed by atoms with E-state index >= 15 is 0 Å². The van der Waals surface area contributed by atoms with Crippen molar-refractivity contribution in [2.24, 2.45) is 5.10 Å². The number of nitrogens with zero attached hydrogens (tertiary/aromatic N) is 1. The Morgan fingerprint density at radius 1 is 0.853 bits per heavy atom. The van der Waals surface area contributed by atoms with E-state index < -0.39 is 11.8 Å². The van der Waals surface area contributed by atoms with Gasteiger partial charge < -0.3 is 4.42 Å². The smallest absolute Gasteiger partial charge is 0.305 e. The van der Waals surface area contributed by atoms with E-state index in [9.17, 15) is 14.4 Å². The van der Waals surface area contributed by atoms with Crippen molar-refractivity contribution in [1.29, 1.82) is 0 Å². The number of fused-ring (bicyclic) bond motifs is 1. The Morgan fingerprint density at radius 3 is 2.18 bits per heavy atom. The van der Waals surface area contributed by atoms with Gasteiger partial charge in [-0.25, -0.2) is 5.43 Å². The van der Waals surface area contributed by atoms with Gasteiger partial charge in [0, 0.05) is 33.7 Å². The second-order valence-electron chi connectivity index (χ2n) is 7.99. The summed E-state index contributed by atoms with van der Waals surface area (Å²) in [5.41, 5.74) is 11.2. The van der Waals surface area contributed by atoms with Crippen molar-refractivity contribution in [3.63, 3.8) is 0 Å². The third-order valence-corrected chi connectivity index (χ3v) is 5.79.